The second-order valence-corrected chi connectivity index (χ2v) is 4.84. The van der Waals surface area contributed by atoms with Gasteiger partial charge in [0, 0.05) is 0 Å². The van der Waals surface area contributed by atoms with E-state index in [1.807, 2.05) is 6.08 Å². The minimum absolute atomic E-state index is 0.0416. The van der Waals surface area contributed by atoms with E-state index in [9.17, 15) is 9.90 Å². The minimum Gasteiger partial charge on any atom is -0.507 e. The lowest BCUT2D eigenvalue weighted by atomic mass is 9.89. The molecule has 2 heteroatoms. The number of carbonyl (C=O) groups is 1. The molecule has 0 radical (unpaired) electrons. The van der Waals surface area contributed by atoms with Crippen molar-refractivity contribution in [3.8, 4) is 5.75 Å². The quantitative estimate of drug-likeness (QED) is 0.498. The molecule has 1 aromatic rings. The van der Waals surface area contributed by atoms with Gasteiger partial charge in [-0.2, -0.15) is 0 Å². The van der Waals surface area contributed by atoms with Gasteiger partial charge in [-0.05, 0) is 42.9 Å². The topological polar surface area (TPSA) is 37.3 Å². The standard InChI is InChI=1S/C16H18O2/c1-12-6-8-13(9-7-12)10-11-16(18)14-4-2-3-5-15(14)17/h2-6,8,10-13,17H,7,9H2,1H3/b11-10+. The molecule has 94 valence electrons. The van der Waals surface area contributed by atoms with Crippen LogP contribution in [0.1, 0.15) is 30.1 Å². The predicted octanol–water partition coefficient (Wildman–Crippen LogP) is 3.73. The second-order valence-electron chi connectivity index (χ2n) is 4.84. The highest BCUT2D eigenvalue weighted by atomic mass is 16.3. The van der Waals surface area contributed by atoms with Crippen LogP contribution < -0.4 is 0 Å². The Balaban J connectivity index is 2.04. The average Bonchev–Trinajstić information content (AvgIpc) is 2.38. The van der Waals surface area contributed by atoms with E-state index < -0.39 is 0 Å². The van der Waals surface area contributed by atoms with Crippen LogP contribution in [0.5, 0.6) is 5.75 Å². The Morgan fingerprint density at radius 2 is 2.06 bits per heavy atom. The zero-order chi connectivity index (χ0) is 13.0. The molecule has 0 fully saturated rings. The molecule has 2 rings (SSSR count). The highest BCUT2D eigenvalue weighted by molar-refractivity contribution is 6.06. The van der Waals surface area contributed by atoms with Gasteiger partial charge in [0.15, 0.2) is 5.78 Å². The fraction of sp³-hybridized carbons (Fsp3) is 0.312. The van der Waals surface area contributed by atoms with Gasteiger partial charge in [0.25, 0.3) is 0 Å². The predicted molar refractivity (Wildman–Crippen MR) is 72.6 cm³/mol. The molecule has 0 aliphatic heterocycles. The molecular formula is C16H18O2. The third-order valence-electron chi connectivity index (χ3n) is 3.31. The molecule has 2 nitrogen and oxygen atoms in total. The number of hydrogen-bond acceptors (Lipinski definition) is 2. The van der Waals surface area contributed by atoms with Gasteiger partial charge < -0.3 is 5.11 Å². The van der Waals surface area contributed by atoms with E-state index in [1.165, 1.54) is 6.07 Å². The zero-order valence-corrected chi connectivity index (χ0v) is 10.5. The van der Waals surface area contributed by atoms with Crippen molar-refractivity contribution in [1.29, 1.82) is 0 Å². The lowest BCUT2D eigenvalue weighted by Crippen LogP contribution is -2.04. The SMILES string of the molecule is CC1C=CC(/C=C/C(=O)c2ccccc2O)CC1. The summed E-state index contributed by atoms with van der Waals surface area (Å²) in [4.78, 5) is 11.9. The van der Waals surface area contributed by atoms with Crippen LogP contribution in [0, 0.1) is 11.8 Å². The monoisotopic (exact) mass is 242 g/mol. The first kappa shape index (κ1) is 12.6. The number of hydrogen-bond donors (Lipinski definition) is 1. The van der Waals surface area contributed by atoms with E-state index in [0.717, 1.165) is 12.8 Å². The fourth-order valence-corrected chi connectivity index (χ4v) is 2.12. The first-order valence-electron chi connectivity index (χ1n) is 6.35. The van der Waals surface area contributed by atoms with Gasteiger partial charge in [0.1, 0.15) is 5.75 Å². The average molecular weight is 242 g/mol. The summed E-state index contributed by atoms with van der Waals surface area (Å²) in [6.07, 6.45) is 10.1. The number of rotatable bonds is 3. The number of allylic oxidation sites excluding steroid dienone is 4. The van der Waals surface area contributed by atoms with Crippen molar-refractivity contribution in [2.24, 2.45) is 11.8 Å². The van der Waals surface area contributed by atoms with E-state index in [1.54, 1.807) is 24.3 Å². The van der Waals surface area contributed by atoms with E-state index in [-0.39, 0.29) is 11.5 Å². The minimum atomic E-state index is -0.139. The second kappa shape index (κ2) is 5.67. The Hall–Kier alpha value is -1.83. The Morgan fingerprint density at radius 1 is 1.28 bits per heavy atom. The van der Waals surface area contributed by atoms with Gasteiger partial charge in [-0.3, -0.25) is 4.79 Å². The normalized spacial score (nSPS) is 23.4. The number of phenols is 1. The van der Waals surface area contributed by atoms with Crippen molar-refractivity contribution in [2.75, 3.05) is 0 Å². The van der Waals surface area contributed by atoms with Gasteiger partial charge in [0.05, 0.1) is 5.56 Å². The number of carbonyl (C=O) groups excluding carboxylic acids is 1. The van der Waals surface area contributed by atoms with Crippen LogP contribution >= 0.6 is 0 Å². The van der Waals surface area contributed by atoms with Crippen molar-refractivity contribution in [3.05, 3.63) is 54.1 Å². The maximum atomic E-state index is 11.9. The van der Waals surface area contributed by atoms with Gasteiger partial charge >= 0.3 is 0 Å². The van der Waals surface area contributed by atoms with E-state index in [2.05, 4.69) is 19.1 Å². The highest BCUT2D eigenvalue weighted by Gasteiger charge is 2.11. The Bertz CT molecular complexity index is 486. The molecule has 0 amide bonds. The molecule has 0 heterocycles. The maximum absolute atomic E-state index is 11.9. The molecule has 0 saturated heterocycles. The number of phenolic OH excluding ortho intramolecular Hbond substituents is 1. The lowest BCUT2D eigenvalue weighted by molar-refractivity contribution is 0.104. The fourth-order valence-electron chi connectivity index (χ4n) is 2.12. The van der Waals surface area contributed by atoms with E-state index in [4.69, 9.17) is 0 Å². The molecule has 2 unspecified atom stereocenters. The number of aromatic hydroxyl groups is 1. The van der Waals surface area contributed by atoms with Crippen molar-refractivity contribution < 1.29 is 9.90 Å². The molecule has 0 spiro atoms. The molecular weight excluding hydrogens is 224 g/mol. The summed E-state index contributed by atoms with van der Waals surface area (Å²) in [7, 11) is 0. The van der Waals surface area contributed by atoms with Crippen molar-refractivity contribution in [1.82, 2.24) is 0 Å². The number of ketones is 1. The maximum Gasteiger partial charge on any atom is 0.189 e. The summed E-state index contributed by atoms with van der Waals surface area (Å²) in [5, 5.41) is 9.58. The summed E-state index contributed by atoms with van der Waals surface area (Å²) < 4.78 is 0. The molecule has 0 saturated carbocycles. The van der Waals surface area contributed by atoms with Crippen molar-refractivity contribution in [2.45, 2.75) is 19.8 Å². The van der Waals surface area contributed by atoms with Gasteiger partial charge in [-0.25, -0.2) is 0 Å². The van der Waals surface area contributed by atoms with Crippen molar-refractivity contribution >= 4 is 5.78 Å². The third kappa shape index (κ3) is 3.10. The van der Waals surface area contributed by atoms with E-state index in [0.29, 0.717) is 17.4 Å². The van der Waals surface area contributed by atoms with Crippen LogP contribution in [0.2, 0.25) is 0 Å². The van der Waals surface area contributed by atoms with Crippen LogP contribution in [0.3, 0.4) is 0 Å². The molecule has 1 aliphatic carbocycles. The van der Waals surface area contributed by atoms with Gasteiger partial charge in [0.2, 0.25) is 0 Å². The van der Waals surface area contributed by atoms with Gasteiger partial charge in [-0.15, -0.1) is 0 Å². The number of benzene rings is 1. The lowest BCUT2D eigenvalue weighted by Gasteiger charge is -2.16. The third-order valence-corrected chi connectivity index (χ3v) is 3.31. The summed E-state index contributed by atoms with van der Waals surface area (Å²) in [6, 6.07) is 6.63. The van der Waals surface area contributed by atoms with Crippen LogP contribution in [0.25, 0.3) is 0 Å². The van der Waals surface area contributed by atoms with Crippen LogP contribution in [0.4, 0.5) is 0 Å². The Kier molecular flexibility index (Phi) is 3.98. The molecule has 1 N–H and O–H groups in total. The van der Waals surface area contributed by atoms with Gasteiger partial charge in [-0.1, -0.05) is 37.3 Å². The first-order valence-corrected chi connectivity index (χ1v) is 6.35. The molecule has 0 aromatic heterocycles. The smallest absolute Gasteiger partial charge is 0.189 e. The summed E-state index contributed by atoms with van der Waals surface area (Å²) in [6.45, 7) is 2.20. The largest absolute Gasteiger partial charge is 0.507 e. The first-order chi connectivity index (χ1) is 8.66. The van der Waals surface area contributed by atoms with E-state index >= 15 is 0 Å². The summed E-state index contributed by atoms with van der Waals surface area (Å²) in [5.74, 6) is 0.889. The highest BCUT2D eigenvalue weighted by Crippen LogP contribution is 2.23. The van der Waals surface area contributed by atoms with Crippen LogP contribution in [-0.2, 0) is 0 Å². The zero-order valence-electron chi connectivity index (χ0n) is 10.5. The molecule has 18 heavy (non-hydrogen) atoms. The number of para-hydroxylation sites is 1. The molecule has 0 bridgehead atoms. The molecule has 1 aromatic carbocycles. The summed E-state index contributed by atoms with van der Waals surface area (Å²) >= 11 is 0. The van der Waals surface area contributed by atoms with Crippen molar-refractivity contribution in [3.63, 3.8) is 0 Å². The molecule has 1 aliphatic rings. The Labute approximate surface area is 108 Å². The Morgan fingerprint density at radius 3 is 2.72 bits per heavy atom. The molecule has 2 atom stereocenters. The van der Waals surface area contributed by atoms with Crippen LogP contribution in [-0.4, -0.2) is 10.9 Å². The summed E-state index contributed by atoms with van der Waals surface area (Å²) in [5.41, 5.74) is 0.363. The van der Waals surface area contributed by atoms with Crippen LogP contribution in [0.15, 0.2) is 48.6 Å².